The van der Waals surface area contributed by atoms with E-state index in [0.717, 1.165) is 0 Å². The molecule has 0 aliphatic carbocycles. The molecule has 26 heavy (non-hydrogen) atoms. The molecule has 0 saturated heterocycles. The van der Waals surface area contributed by atoms with Crippen molar-refractivity contribution in [2.24, 2.45) is 0 Å². The summed E-state index contributed by atoms with van der Waals surface area (Å²) in [4.78, 5) is 25.2. The number of fused-ring (bicyclic) bond motifs is 1. The molecule has 0 spiro atoms. The molecule has 1 unspecified atom stereocenters. The number of hydrogen-bond acceptors (Lipinski definition) is 7. The van der Waals surface area contributed by atoms with Crippen LogP contribution in [-0.2, 0) is 6.54 Å². The van der Waals surface area contributed by atoms with E-state index in [1.54, 1.807) is 43.8 Å². The van der Waals surface area contributed by atoms with Gasteiger partial charge in [0.2, 0.25) is 0 Å². The quantitative estimate of drug-likeness (QED) is 0.590. The van der Waals surface area contributed by atoms with Crippen molar-refractivity contribution in [3.05, 3.63) is 47.3 Å². The Bertz CT molecular complexity index is 947. The molecular weight excluding hydrogens is 339 g/mol. The van der Waals surface area contributed by atoms with Crippen LogP contribution in [0.25, 0.3) is 10.8 Å². The van der Waals surface area contributed by atoms with Gasteiger partial charge in [0.05, 0.1) is 24.7 Å². The van der Waals surface area contributed by atoms with E-state index in [-0.39, 0.29) is 24.8 Å². The van der Waals surface area contributed by atoms with Crippen molar-refractivity contribution in [1.29, 1.82) is 0 Å². The number of aromatic nitrogens is 4. The zero-order chi connectivity index (χ0) is 18.5. The molecule has 8 nitrogen and oxygen atoms in total. The van der Waals surface area contributed by atoms with Gasteiger partial charge in [0.1, 0.15) is 24.1 Å². The molecule has 0 aliphatic rings. The lowest BCUT2D eigenvalue weighted by atomic mass is 10.2. The van der Waals surface area contributed by atoms with Gasteiger partial charge in [-0.2, -0.15) is 0 Å². The summed E-state index contributed by atoms with van der Waals surface area (Å²) in [6.07, 6.45) is 6.21. The van der Waals surface area contributed by atoms with E-state index in [1.165, 1.54) is 4.57 Å². The van der Waals surface area contributed by atoms with Gasteiger partial charge in [-0.25, -0.2) is 14.4 Å². The Labute approximate surface area is 148 Å². The lowest BCUT2D eigenvalue weighted by Crippen LogP contribution is -2.25. The first-order chi connectivity index (χ1) is 12.6. The van der Waals surface area contributed by atoms with Gasteiger partial charge in [-0.05, 0) is 24.4 Å². The van der Waals surface area contributed by atoms with Crippen LogP contribution < -0.4 is 16.2 Å². The van der Waals surface area contributed by atoms with E-state index in [0.29, 0.717) is 28.2 Å². The smallest absolute Gasteiger partial charge is 0.262 e. The van der Waals surface area contributed by atoms with Crippen LogP contribution in [0, 0.1) is 0 Å². The Balaban J connectivity index is 2.11. The molecule has 3 aromatic rings. The zero-order valence-corrected chi connectivity index (χ0v) is 14.2. The summed E-state index contributed by atoms with van der Waals surface area (Å²) in [6, 6.07) is 3.12. The summed E-state index contributed by atoms with van der Waals surface area (Å²) in [5.74, 6) is 1.29. The van der Waals surface area contributed by atoms with Gasteiger partial charge in [-0.1, -0.05) is 0 Å². The molecule has 3 N–H and O–H groups in total. The predicted octanol–water partition coefficient (Wildman–Crippen LogP) is 1.69. The highest BCUT2D eigenvalue weighted by Crippen LogP contribution is 2.24. The summed E-state index contributed by atoms with van der Waals surface area (Å²) in [5, 5.41) is 16.4. The molecule has 3 rings (SSSR count). The van der Waals surface area contributed by atoms with Gasteiger partial charge in [0.25, 0.3) is 5.56 Å². The van der Waals surface area contributed by atoms with Crippen LogP contribution in [-0.4, -0.2) is 43.9 Å². The van der Waals surface area contributed by atoms with Gasteiger partial charge in [0.15, 0.2) is 0 Å². The molecule has 0 saturated carbocycles. The fourth-order valence-corrected chi connectivity index (χ4v) is 2.51. The molecule has 9 heteroatoms. The summed E-state index contributed by atoms with van der Waals surface area (Å²) >= 11 is 0. The van der Waals surface area contributed by atoms with Crippen molar-refractivity contribution in [2.75, 3.05) is 23.9 Å². The van der Waals surface area contributed by atoms with Crippen LogP contribution in [0.15, 0.2) is 41.7 Å². The molecule has 0 fully saturated rings. The number of halogens is 1. The lowest BCUT2D eigenvalue weighted by Gasteiger charge is -2.16. The average Bonchev–Trinajstić information content (AvgIpc) is 2.64. The highest BCUT2D eigenvalue weighted by atomic mass is 19.1. The minimum atomic E-state index is -0.638. The second-order valence-electron chi connectivity index (χ2n) is 5.77. The summed E-state index contributed by atoms with van der Waals surface area (Å²) in [6.45, 7) is 0.972. The van der Waals surface area contributed by atoms with Gasteiger partial charge in [-0.15, -0.1) is 0 Å². The normalized spacial score (nSPS) is 12.1. The number of aliphatic hydroxyl groups excluding tert-OH is 1. The fourth-order valence-electron chi connectivity index (χ4n) is 2.51. The Kier molecular flexibility index (Phi) is 5.37. The Hall–Kier alpha value is -3.07. The molecule has 0 radical (unpaired) electrons. The molecule has 0 aromatic carbocycles. The topological polar surface area (TPSA) is 105 Å². The van der Waals surface area contributed by atoms with E-state index in [1.807, 2.05) is 0 Å². The summed E-state index contributed by atoms with van der Waals surface area (Å²) in [5.41, 5.74) is -0.341. The predicted molar refractivity (Wildman–Crippen MR) is 97.5 cm³/mol. The standard InChI is InChI=1S/C17H19FN6O2/c1-11(10-25)21-16-15-12(2-6-24(7-3-18)17(15)26)8-13(23-16)22-14-9-19-4-5-20-14/h2,4-6,8-9,11,25H,3,7,10H2,1H3,(H2,20,21,22,23). The van der Waals surface area contributed by atoms with E-state index in [2.05, 4.69) is 25.6 Å². The van der Waals surface area contributed by atoms with Gasteiger partial charge < -0.3 is 20.3 Å². The number of anilines is 3. The number of rotatable bonds is 7. The Morgan fingerprint density at radius 1 is 1.35 bits per heavy atom. The van der Waals surface area contributed by atoms with Crippen LogP contribution in [0.5, 0.6) is 0 Å². The number of aliphatic hydroxyl groups is 1. The number of aryl methyl sites for hydroxylation is 1. The SMILES string of the molecule is CC(CO)Nc1nc(Nc2cnccn2)cc2ccn(CCF)c(=O)c12. The number of hydrogen-bond donors (Lipinski definition) is 3. The molecule has 0 aliphatic heterocycles. The minimum Gasteiger partial charge on any atom is -0.394 e. The molecule has 3 aromatic heterocycles. The van der Waals surface area contributed by atoms with Crippen molar-refractivity contribution in [3.63, 3.8) is 0 Å². The first-order valence-electron chi connectivity index (χ1n) is 8.13. The maximum atomic E-state index is 12.7. The second-order valence-corrected chi connectivity index (χ2v) is 5.77. The van der Waals surface area contributed by atoms with Crippen molar-refractivity contribution < 1.29 is 9.50 Å². The Morgan fingerprint density at radius 3 is 2.88 bits per heavy atom. The molecule has 136 valence electrons. The van der Waals surface area contributed by atoms with Crippen molar-refractivity contribution in [2.45, 2.75) is 19.5 Å². The Morgan fingerprint density at radius 2 is 2.19 bits per heavy atom. The third kappa shape index (κ3) is 3.77. The average molecular weight is 358 g/mol. The van der Waals surface area contributed by atoms with E-state index >= 15 is 0 Å². The van der Waals surface area contributed by atoms with E-state index < -0.39 is 6.67 Å². The first kappa shape index (κ1) is 17.7. The monoisotopic (exact) mass is 358 g/mol. The van der Waals surface area contributed by atoms with Crippen LogP contribution in [0.3, 0.4) is 0 Å². The third-order valence-corrected chi connectivity index (χ3v) is 3.76. The largest absolute Gasteiger partial charge is 0.394 e. The molecule has 1 atom stereocenters. The first-order valence-corrected chi connectivity index (χ1v) is 8.13. The minimum absolute atomic E-state index is 0.0244. The second kappa shape index (κ2) is 7.87. The van der Waals surface area contributed by atoms with E-state index in [9.17, 15) is 14.3 Å². The van der Waals surface area contributed by atoms with Crippen molar-refractivity contribution in [1.82, 2.24) is 19.5 Å². The van der Waals surface area contributed by atoms with Crippen molar-refractivity contribution in [3.8, 4) is 0 Å². The fraction of sp³-hybridized carbons (Fsp3) is 0.294. The van der Waals surface area contributed by atoms with Gasteiger partial charge in [0, 0.05) is 24.6 Å². The number of pyridine rings is 2. The number of alkyl halides is 1. The van der Waals surface area contributed by atoms with Crippen LogP contribution in [0.2, 0.25) is 0 Å². The third-order valence-electron chi connectivity index (χ3n) is 3.76. The maximum Gasteiger partial charge on any atom is 0.262 e. The van der Waals surface area contributed by atoms with Gasteiger partial charge in [-0.3, -0.25) is 9.78 Å². The highest BCUT2D eigenvalue weighted by molar-refractivity contribution is 5.93. The molecule has 0 bridgehead atoms. The van der Waals surface area contributed by atoms with E-state index in [4.69, 9.17) is 0 Å². The van der Waals surface area contributed by atoms with Crippen LogP contribution in [0.1, 0.15) is 6.92 Å². The number of nitrogens with one attached hydrogen (secondary N) is 2. The van der Waals surface area contributed by atoms with Crippen LogP contribution in [0.4, 0.5) is 21.8 Å². The molecule has 0 amide bonds. The summed E-state index contributed by atoms with van der Waals surface area (Å²) in [7, 11) is 0. The highest BCUT2D eigenvalue weighted by Gasteiger charge is 2.14. The zero-order valence-electron chi connectivity index (χ0n) is 14.2. The maximum absolute atomic E-state index is 12.7. The van der Waals surface area contributed by atoms with Crippen molar-refractivity contribution >= 4 is 28.2 Å². The summed E-state index contributed by atoms with van der Waals surface area (Å²) < 4.78 is 14.0. The van der Waals surface area contributed by atoms with Crippen LogP contribution >= 0.6 is 0 Å². The molecular formula is C17H19FN6O2. The van der Waals surface area contributed by atoms with Gasteiger partial charge >= 0.3 is 0 Å². The molecule has 3 heterocycles. The lowest BCUT2D eigenvalue weighted by molar-refractivity contribution is 0.281. The number of nitrogens with zero attached hydrogens (tertiary/aromatic N) is 4.